The van der Waals surface area contributed by atoms with Gasteiger partial charge in [-0.3, -0.25) is 0 Å². The zero-order valence-corrected chi connectivity index (χ0v) is 6.22. The molecule has 0 aromatic heterocycles. The van der Waals surface area contributed by atoms with Gasteiger partial charge in [0.25, 0.3) is 0 Å². The molecule has 0 aliphatic carbocycles. The topological polar surface area (TPSA) is 3.24 Å². The summed E-state index contributed by atoms with van der Waals surface area (Å²) in [6, 6.07) is 0. The van der Waals surface area contributed by atoms with E-state index in [0.717, 1.165) is 13.1 Å². The quantitative estimate of drug-likeness (QED) is 0.552. The average Bonchev–Trinajstić information content (AvgIpc) is 1.72. The number of hydrogen-bond acceptors (Lipinski definition) is 2. The molecule has 7 heavy (non-hydrogen) atoms. The smallest absolute Gasteiger partial charge is 0.0307 e. The normalized spacial score (nSPS) is 10.3. The Labute approximate surface area is 53.7 Å². The summed E-state index contributed by atoms with van der Waals surface area (Å²) in [4.78, 5) is 0. The van der Waals surface area contributed by atoms with Crippen LogP contribution >= 0.6 is 21.8 Å². The molecule has 0 radical (unpaired) electrons. The Balaban J connectivity index is 2.99. The van der Waals surface area contributed by atoms with Gasteiger partial charge in [-0.2, -0.15) is 0 Å². The first-order valence-corrected chi connectivity index (χ1v) is 3.98. The Hall–Kier alpha value is 0.600. The molecular weight excluding hydrogens is 130 g/mol. The summed E-state index contributed by atoms with van der Waals surface area (Å²) in [6.07, 6.45) is 0. The summed E-state index contributed by atoms with van der Waals surface area (Å²) in [5, 5.41) is 0. The van der Waals surface area contributed by atoms with Crippen LogP contribution in [-0.2, 0) is 0 Å². The van der Waals surface area contributed by atoms with Crippen molar-refractivity contribution in [3.63, 3.8) is 0 Å². The molecule has 1 nitrogen and oxygen atoms in total. The van der Waals surface area contributed by atoms with Gasteiger partial charge in [-0.15, -0.1) is 0 Å². The van der Waals surface area contributed by atoms with Crippen molar-refractivity contribution in [1.29, 1.82) is 0 Å². The van der Waals surface area contributed by atoms with Crippen molar-refractivity contribution in [2.75, 3.05) is 13.1 Å². The van der Waals surface area contributed by atoms with Crippen LogP contribution in [0.25, 0.3) is 0 Å². The van der Waals surface area contributed by atoms with E-state index in [-0.39, 0.29) is 0 Å². The molecule has 0 spiro atoms. The van der Waals surface area contributed by atoms with E-state index in [0.29, 0.717) is 0 Å². The van der Waals surface area contributed by atoms with Gasteiger partial charge in [0.2, 0.25) is 0 Å². The zero-order chi connectivity index (χ0) is 5.70. The van der Waals surface area contributed by atoms with Crippen molar-refractivity contribution in [3.8, 4) is 0 Å². The van der Waals surface area contributed by atoms with Crippen LogP contribution < -0.4 is 0 Å². The van der Waals surface area contributed by atoms with Crippen molar-refractivity contribution in [2.45, 2.75) is 13.8 Å². The Morgan fingerprint density at radius 3 is 1.86 bits per heavy atom. The minimum atomic E-state index is 1.02. The van der Waals surface area contributed by atoms with E-state index in [2.05, 4.69) is 18.2 Å². The van der Waals surface area contributed by atoms with Crippen molar-refractivity contribution >= 4 is 21.8 Å². The summed E-state index contributed by atoms with van der Waals surface area (Å²) in [6.45, 7) is 6.20. The fraction of sp³-hybridized carbons (Fsp3) is 1.00. The SMILES string of the molecule is CCN(CC)SCl. The Kier molecular flexibility index (Phi) is 5.16. The lowest BCUT2D eigenvalue weighted by Gasteiger charge is -2.09. The highest BCUT2D eigenvalue weighted by molar-refractivity contribution is 8.19. The fourth-order valence-corrected chi connectivity index (χ4v) is 1.10. The van der Waals surface area contributed by atoms with Crippen LogP contribution in [0.3, 0.4) is 0 Å². The standard InChI is InChI=1S/C4H10ClNS/c1-3-6(4-2)7-5/h3-4H2,1-2H3. The van der Waals surface area contributed by atoms with E-state index >= 15 is 0 Å². The van der Waals surface area contributed by atoms with Gasteiger partial charge >= 0.3 is 0 Å². The largest absolute Gasteiger partial charge is 0.238 e. The first-order chi connectivity index (χ1) is 3.35. The number of hydrogen-bond donors (Lipinski definition) is 0. The second-order valence-corrected chi connectivity index (χ2v) is 2.25. The molecule has 0 aromatic rings. The van der Waals surface area contributed by atoms with E-state index in [9.17, 15) is 0 Å². The van der Waals surface area contributed by atoms with Gasteiger partial charge in [0.05, 0.1) is 0 Å². The van der Waals surface area contributed by atoms with Crippen molar-refractivity contribution in [3.05, 3.63) is 0 Å². The molecule has 0 rings (SSSR count). The molecule has 0 fully saturated rings. The van der Waals surface area contributed by atoms with E-state index in [1.807, 2.05) is 0 Å². The van der Waals surface area contributed by atoms with Crippen LogP contribution in [0.5, 0.6) is 0 Å². The molecule has 0 bridgehead atoms. The number of nitrogens with zero attached hydrogens (tertiary/aromatic N) is 1. The molecule has 0 N–H and O–H groups in total. The molecular formula is C4H10ClNS. The van der Waals surface area contributed by atoms with Crippen LogP contribution in [-0.4, -0.2) is 17.4 Å². The van der Waals surface area contributed by atoms with E-state index in [1.165, 1.54) is 11.2 Å². The van der Waals surface area contributed by atoms with Crippen molar-refractivity contribution < 1.29 is 0 Å². The Morgan fingerprint density at radius 1 is 1.43 bits per heavy atom. The first kappa shape index (κ1) is 7.60. The maximum Gasteiger partial charge on any atom is 0.0307 e. The molecule has 0 saturated heterocycles. The van der Waals surface area contributed by atoms with Gasteiger partial charge < -0.3 is 0 Å². The summed E-state index contributed by atoms with van der Waals surface area (Å²) < 4.78 is 2.06. The molecule has 0 atom stereocenters. The van der Waals surface area contributed by atoms with Crippen LogP contribution in [0.4, 0.5) is 0 Å². The molecule has 0 saturated carbocycles. The number of halogens is 1. The predicted octanol–water partition coefficient (Wildman–Crippen LogP) is 2.13. The van der Waals surface area contributed by atoms with Gasteiger partial charge in [-0.25, -0.2) is 4.31 Å². The summed E-state index contributed by atoms with van der Waals surface area (Å²) in [5.74, 6) is 0. The summed E-state index contributed by atoms with van der Waals surface area (Å²) in [5.41, 5.74) is 0. The summed E-state index contributed by atoms with van der Waals surface area (Å²) in [7, 11) is 5.41. The minimum absolute atomic E-state index is 1.02. The molecule has 44 valence electrons. The predicted molar refractivity (Wildman–Crippen MR) is 36.4 cm³/mol. The van der Waals surface area contributed by atoms with Gasteiger partial charge in [-0.05, 0) is 10.7 Å². The third kappa shape index (κ3) is 3.21. The highest BCUT2D eigenvalue weighted by Crippen LogP contribution is 2.11. The van der Waals surface area contributed by atoms with Crippen molar-refractivity contribution in [1.82, 2.24) is 4.31 Å². The van der Waals surface area contributed by atoms with Crippen LogP contribution in [0.2, 0.25) is 0 Å². The second-order valence-electron chi connectivity index (χ2n) is 1.18. The lowest BCUT2D eigenvalue weighted by Crippen LogP contribution is -2.11. The van der Waals surface area contributed by atoms with E-state index < -0.39 is 0 Å². The highest BCUT2D eigenvalue weighted by atomic mass is 35.7. The maximum atomic E-state index is 5.41. The van der Waals surface area contributed by atoms with Crippen LogP contribution in [0.15, 0.2) is 0 Å². The van der Waals surface area contributed by atoms with E-state index in [1.54, 1.807) is 0 Å². The Morgan fingerprint density at radius 2 is 1.86 bits per heavy atom. The first-order valence-electron chi connectivity index (χ1n) is 2.38. The second kappa shape index (κ2) is 4.75. The van der Waals surface area contributed by atoms with Gasteiger partial charge in [0.1, 0.15) is 0 Å². The Bertz CT molecular complexity index is 33.2. The molecule has 0 aliphatic heterocycles. The van der Waals surface area contributed by atoms with E-state index in [4.69, 9.17) is 10.7 Å². The van der Waals surface area contributed by atoms with Crippen LogP contribution in [0, 0.1) is 0 Å². The minimum Gasteiger partial charge on any atom is -0.238 e. The third-order valence-electron chi connectivity index (χ3n) is 0.803. The van der Waals surface area contributed by atoms with Gasteiger partial charge in [-0.1, -0.05) is 13.8 Å². The number of rotatable bonds is 3. The lowest BCUT2D eigenvalue weighted by atomic mass is 10.7. The molecule has 3 heteroatoms. The molecule has 0 aromatic carbocycles. The molecule has 0 heterocycles. The van der Waals surface area contributed by atoms with Gasteiger partial charge in [0, 0.05) is 24.3 Å². The molecule has 0 unspecified atom stereocenters. The molecule has 0 amide bonds. The lowest BCUT2D eigenvalue weighted by molar-refractivity contribution is 0.530. The third-order valence-corrected chi connectivity index (χ3v) is 2.10. The van der Waals surface area contributed by atoms with Gasteiger partial charge in [0.15, 0.2) is 0 Å². The van der Waals surface area contributed by atoms with Crippen LogP contribution in [0.1, 0.15) is 13.8 Å². The van der Waals surface area contributed by atoms with Crippen molar-refractivity contribution in [2.24, 2.45) is 0 Å². The summed E-state index contributed by atoms with van der Waals surface area (Å²) >= 11 is 1.28. The average molecular weight is 140 g/mol. The fourth-order valence-electron chi connectivity index (χ4n) is 0.321. The zero-order valence-electron chi connectivity index (χ0n) is 4.65. The monoisotopic (exact) mass is 139 g/mol. The maximum absolute atomic E-state index is 5.41. The molecule has 0 aliphatic rings. The highest BCUT2D eigenvalue weighted by Gasteiger charge is 1.92.